The minimum Gasteiger partial charge on any atom is -0.328 e. The summed E-state index contributed by atoms with van der Waals surface area (Å²) in [4.78, 5) is 23.6. The molecule has 0 radical (unpaired) electrons. The first kappa shape index (κ1) is 13.9. The van der Waals surface area contributed by atoms with Gasteiger partial charge < -0.3 is 4.90 Å². The van der Waals surface area contributed by atoms with Crippen LogP contribution in [0.5, 0.6) is 0 Å². The summed E-state index contributed by atoms with van der Waals surface area (Å²) >= 11 is 0. The number of piperidine rings is 1. The van der Waals surface area contributed by atoms with E-state index in [1.165, 1.54) is 6.33 Å². The summed E-state index contributed by atoms with van der Waals surface area (Å²) in [6.07, 6.45) is 7.83. The lowest BCUT2D eigenvalue weighted by Gasteiger charge is -2.34. The van der Waals surface area contributed by atoms with Crippen molar-refractivity contribution in [2.24, 2.45) is 0 Å². The first-order chi connectivity index (χ1) is 11.2. The lowest BCUT2D eigenvalue weighted by molar-refractivity contribution is 0.0602. The summed E-state index contributed by atoms with van der Waals surface area (Å²) in [6, 6.07) is 1.80. The summed E-state index contributed by atoms with van der Waals surface area (Å²) in [5.41, 5.74) is 1.98. The molecule has 23 heavy (non-hydrogen) atoms. The average molecular weight is 311 g/mol. The second-order valence-electron chi connectivity index (χ2n) is 5.78. The van der Waals surface area contributed by atoms with Crippen LogP contribution in [0.15, 0.2) is 24.8 Å². The molecule has 1 unspecified atom stereocenters. The number of rotatable bonds is 2. The molecule has 118 valence electrons. The minimum absolute atomic E-state index is 0.0563. The molecule has 0 bridgehead atoms. The van der Waals surface area contributed by atoms with E-state index >= 15 is 0 Å². The molecule has 8 heteroatoms. The van der Waals surface area contributed by atoms with Crippen molar-refractivity contribution in [3.63, 3.8) is 0 Å². The van der Waals surface area contributed by atoms with Gasteiger partial charge in [-0.05, 0) is 32.3 Å². The third-order valence-electron chi connectivity index (χ3n) is 4.25. The lowest BCUT2D eigenvalue weighted by Crippen LogP contribution is -2.39. The van der Waals surface area contributed by atoms with Crippen molar-refractivity contribution in [2.75, 3.05) is 6.54 Å². The molecule has 3 aromatic rings. The van der Waals surface area contributed by atoms with Crippen LogP contribution in [0.25, 0.3) is 5.65 Å². The van der Waals surface area contributed by atoms with Crippen LogP contribution in [0.4, 0.5) is 0 Å². The van der Waals surface area contributed by atoms with Gasteiger partial charge in [-0.25, -0.2) is 14.5 Å². The Balaban J connectivity index is 1.72. The SMILES string of the molecule is Cc1ccn2ncc(C(=O)N3CCCCC3c3ncn[nH]3)c2n1. The summed E-state index contributed by atoms with van der Waals surface area (Å²) in [5, 5.41) is 11.0. The summed E-state index contributed by atoms with van der Waals surface area (Å²) in [7, 11) is 0. The highest BCUT2D eigenvalue weighted by Crippen LogP contribution is 2.30. The van der Waals surface area contributed by atoms with Gasteiger partial charge in [-0.2, -0.15) is 10.2 Å². The van der Waals surface area contributed by atoms with Crippen molar-refractivity contribution in [1.29, 1.82) is 0 Å². The van der Waals surface area contributed by atoms with Crippen LogP contribution in [0.2, 0.25) is 0 Å². The second-order valence-corrected chi connectivity index (χ2v) is 5.78. The molecule has 1 atom stereocenters. The highest BCUT2D eigenvalue weighted by Gasteiger charge is 2.32. The van der Waals surface area contributed by atoms with Gasteiger partial charge >= 0.3 is 0 Å². The quantitative estimate of drug-likeness (QED) is 0.774. The number of nitrogens with one attached hydrogen (secondary N) is 1. The Kier molecular flexibility index (Phi) is 3.29. The van der Waals surface area contributed by atoms with Crippen LogP contribution in [-0.2, 0) is 0 Å². The molecular formula is C15H17N7O. The Labute approximate surface area is 132 Å². The van der Waals surface area contributed by atoms with Crippen molar-refractivity contribution < 1.29 is 4.79 Å². The Bertz CT molecular complexity index is 839. The summed E-state index contributed by atoms with van der Waals surface area (Å²) in [6.45, 7) is 2.60. The summed E-state index contributed by atoms with van der Waals surface area (Å²) in [5.74, 6) is 0.679. The fourth-order valence-corrected chi connectivity index (χ4v) is 3.10. The fraction of sp³-hybridized carbons (Fsp3) is 0.400. The zero-order valence-corrected chi connectivity index (χ0v) is 12.8. The predicted octanol–water partition coefficient (Wildman–Crippen LogP) is 1.52. The van der Waals surface area contributed by atoms with Gasteiger partial charge in [-0.1, -0.05) is 0 Å². The number of hydrogen-bond donors (Lipinski definition) is 1. The van der Waals surface area contributed by atoms with Gasteiger partial charge in [0.2, 0.25) is 0 Å². The molecule has 1 fully saturated rings. The molecular weight excluding hydrogens is 294 g/mol. The van der Waals surface area contributed by atoms with Gasteiger partial charge in [-0.3, -0.25) is 9.89 Å². The van der Waals surface area contributed by atoms with Crippen LogP contribution in [-0.4, -0.2) is 47.1 Å². The van der Waals surface area contributed by atoms with Crippen LogP contribution in [0.1, 0.15) is 47.2 Å². The molecule has 8 nitrogen and oxygen atoms in total. The number of likely N-dealkylation sites (tertiary alicyclic amines) is 1. The molecule has 1 saturated heterocycles. The van der Waals surface area contributed by atoms with Crippen LogP contribution >= 0.6 is 0 Å². The number of carbonyl (C=O) groups excluding carboxylic acids is 1. The van der Waals surface area contributed by atoms with Gasteiger partial charge in [0, 0.05) is 18.4 Å². The van der Waals surface area contributed by atoms with Crippen molar-refractivity contribution in [1.82, 2.24) is 34.7 Å². The first-order valence-electron chi connectivity index (χ1n) is 7.71. The maximum atomic E-state index is 13.1. The zero-order valence-electron chi connectivity index (χ0n) is 12.8. The molecule has 3 aromatic heterocycles. The molecule has 1 N–H and O–H groups in total. The number of aromatic amines is 1. The molecule has 0 saturated carbocycles. The Morgan fingerprint density at radius 1 is 1.39 bits per heavy atom. The fourth-order valence-electron chi connectivity index (χ4n) is 3.10. The highest BCUT2D eigenvalue weighted by molar-refractivity contribution is 5.99. The smallest absolute Gasteiger partial charge is 0.259 e. The van der Waals surface area contributed by atoms with E-state index in [0.717, 1.165) is 30.8 Å². The highest BCUT2D eigenvalue weighted by atomic mass is 16.2. The van der Waals surface area contributed by atoms with Crippen LogP contribution in [0, 0.1) is 6.92 Å². The lowest BCUT2D eigenvalue weighted by atomic mass is 10.0. The number of carbonyl (C=O) groups is 1. The van der Waals surface area contributed by atoms with E-state index in [1.54, 1.807) is 10.7 Å². The van der Waals surface area contributed by atoms with Crippen molar-refractivity contribution in [3.8, 4) is 0 Å². The van der Waals surface area contributed by atoms with Gasteiger partial charge in [0.1, 0.15) is 17.7 Å². The van der Waals surface area contributed by atoms with Gasteiger partial charge in [0.25, 0.3) is 5.91 Å². The number of fused-ring (bicyclic) bond motifs is 1. The number of H-pyrrole nitrogens is 1. The Morgan fingerprint density at radius 3 is 3.13 bits per heavy atom. The second kappa shape index (κ2) is 5.45. The largest absolute Gasteiger partial charge is 0.328 e. The average Bonchev–Trinajstić information content (AvgIpc) is 3.23. The van der Waals surface area contributed by atoms with E-state index in [-0.39, 0.29) is 11.9 Å². The standard InChI is InChI=1S/C15H17N7O/c1-10-5-7-22-14(19-10)11(8-18-22)15(23)21-6-3-2-4-12(21)13-16-9-17-20-13/h5,7-9,12H,2-4,6H2,1H3,(H,16,17,20). The van der Waals surface area contributed by atoms with E-state index in [9.17, 15) is 4.79 Å². The third-order valence-corrected chi connectivity index (χ3v) is 4.25. The van der Waals surface area contributed by atoms with E-state index in [0.29, 0.717) is 17.8 Å². The molecule has 1 aliphatic heterocycles. The first-order valence-corrected chi connectivity index (χ1v) is 7.71. The van der Waals surface area contributed by atoms with Gasteiger partial charge in [0.15, 0.2) is 5.65 Å². The third kappa shape index (κ3) is 2.36. The van der Waals surface area contributed by atoms with Crippen LogP contribution < -0.4 is 0 Å². The van der Waals surface area contributed by atoms with Crippen LogP contribution in [0.3, 0.4) is 0 Å². The number of aromatic nitrogens is 6. The number of nitrogens with zero attached hydrogens (tertiary/aromatic N) is 6. The maximum absolute atomic E-state index is 13.1. The Morgan fingerprint density at radius 2 is 2.30 bits per heavy atom. The molecule has 1 aliphatic rings. The van der Waals surface area contributed by atoms with E-state index in [1.807, 2.05) is 24.1 Å². The maximum Gasteiger partial charge on any atom is 0.259 e. The van der Waals surface area contributed by atoms with Crippen molar-refractivity contribution in [2.45, 2.75) is 32.2 Å². The van der Waals surface area contributed by atoms with E-state index < -0.39 is 0 Å². The van der Waals surface area contributed by atoms with E-state index in [2.05, 4.69) is 25.3 Å². The number of amides is 1. The van der Waals surface area contributed by atoms with Gasteiger partial charge in [0.05, 0.1) is 12.2 Å². The zero-order chi connectivity index (χ0) is 15.8. The number of hydrogen-bond acceptors (Lipinski definition) is 5. The molecule has 4 heterocycles. The number of aryl methyl sites for hydroxylation is 1. The molecule has 0 aromatic carbocycles. The predicted molar refractivity (Wildman–Crippen MR) is 81.7 cm³/mol. The van der Waals surface area contributed by atoms with Crippen molar-refractivity contribution in [3.05, 3.63) is 41.9 Å². The molecule has 1 amide bonds. The topological polar surface area (TPSA) is 92.1 Å². The van der Waals surface area contributed by atoms with E-state index in [4.69, 9.17) is 0 Å². The Hall–Kier alpha value is -2.77. The minimum atomic E-state index is -0.0708. The van der Waals surface area contributed by atoms with Gasteiger partial charge in [-0.15, -0.1) is 0 Å². The van der Waals surface area contributed by atoms with Crippen molar-refractivity contribution >= 4 is 11.6 Å². The molecule has 4 rings (SSSR count). The normalized spacial score (nSPS) is 18.5. The molecule has 0 spiro atoms. The monoisotopic (exact) mass is 311 g/mol. The summed E-state index contributed by atoms with van der Waals surface area (Å²) < 4.78 is 1.63. The molecule has 0 aliphatic carbocycles.